The minimum absolute atomic E-state index is 0.224. The molecular formula is C11H10N4O. The number of hydrogen-bond donors (Lipinski definition) is 4. The Morgan fingerprint density at radius 1 is 1.31 bits per heavy atom. The second-order valence-corrected chi connectivity index (χ2v) is 3.60. The number of aromatic nitrogens is 3. The van der Waals surface area contributed by atoms with E-state index in [0.717, 1.165) is 16.6 Å². The highest BCUT2D eigenvalue weighted by Crippen LogP contribution is 2.33. The fraction of sp³-hybridized carbons (Fsp3) is 0. The van der Waals surface area contributed by atoms with Crippen molar-refractivity contribution in [3.8, 4) is 17.0 Å². The summed E-state index contributed by atoms with van der Waals surface area (Å²) in [6.45, 7) is 0. The van der Waals surface area contributed by atoms with Gasteiger partial charge in [0, 0.05) is 17.1 Å². The zero-order valence-electron chi connectivity index (χ0n) is 8.36. The van der Waals surface area contributed by atoms with Gasteiger partial charge in [0.1, 0.15) is 5.75 Å². The molecule has 5 N–H and O–H groups in total. The number of nitrogens with zero attached hydrogens (tertiary/aromatic N) is 1. The van der Waals surface area contributed by atoms with Crippen LogP contribution in [0.2, 0.25) is 0 Å². The third-order valence-electron chi connectivity index (χ3n) is 2.63. The fourth-order valence-corrected chi connectivity index (χ4v) is 1.86. The van der Waals surface area contributed by atoms with E-state index in [4.69, 9.17) is 5.73 Å². The minimum atomic E-state index is 0.224. The number of phenols is 1. The van der Waals surface area contributed by atoms with Gasteiger partial charge in [-0.15, -0.1) is 0 Å². The van der Waals surface area contributed by atoms with E-state index >= 15 is 0 Å². The van der Waals surface area contributed by atoms with Crippen LogP contribution in [-0.2, 0) is 0 Å². The van der Waals surface area contributed by atoms with E-state index in [1.807, 2.05) is 6.07 Å². The zero-order chi connectivity index (χ0) is 11.1. The maximum absolute atomic E-state index is 9.66. The first-order valence-electron chi connectivity index (χ1n) is 4.85. The molecule has 0 saturated carbocycles. The van der Waals surface area contributed by atoms with Crippen LogP contribution in [-0.4, -0.2) is 20.3 Å². The topological polar surface area (TPSA) is 90.7 Å². The average Bonchev–Trinajstić information content (AvgIpc) is 2.84. The van der Waals surface area contributed by atoms with Gasteiger partial charge >= 0.3 is 0 Å². The van der Waals surface area contributed by atoms with Crippen LogP contribution < -0.4 is 5.73 Å². The highest BCUT2D eigenvalue weighted by molar-refractivity contribution is 5.99. The van der Waals surface area contributed by atoms with Gasteiger partial charge in [0.15, 0.2) is 0 Å². The molecule has 16 heavy (non-hydrogen) atoms. The molecule has 1 aromatic carbocycles. The predicted octanol–water partition coefficient (Wildman–Crippen LogP) is 1.85. The summed E-state index contributed by atoms with van der Waals surface area (Å²) in [6, 6.07) is 5.35. The molecule has 2 aromatic heterocycles. The summed E-state index contributed by atoms with van der Waals surface area (Å²) >= 11 is 0. The van der Waals surface area contributed by atoms with Gasteiger partial charge in [-0.3, -0.25) is 5.10 Å². The summed E-state index contributed by atoms with van der Waals surface area (Å²) in [4.78, 5) is 3.02. The number of nitrogen functional groups attached to an aromatic ring is 1. The molecule has 80 valence electrons. The third kappa shape index (κ3) is 1.08. The number of benzene rings is 1. The van der Waals surface area contributed by atoms with Gasteiger partial charge in [-0.05, 0) is 6.07 Å². The number of hydrogen-bond acceptors (Lipinski definition) is 3. The largest absolute Gasteiger partial charge is 0.506 e. The molecule has 0 amide bonds. The van der Waals surface area contributed by atoms with E-state index in [1.165, 1.54) is 0 Å². The molecule has 3 aromatic rings. The number of phenolic OH excluding ortho intramolecular Hbond substituents is 1. The normalized spacial score (nSPS) is 11.0. The Morgan fingerprint density at radius 2 is 2.19 bits per heavy atom. The van der Waals surface area contributed by atoms with Gasteiger partial charge in [-0.25, -0.2) is 0 Å². The molecule has 0 radical (unpaired) electrons. The molecule has 0 saturated heterocycles. The summed E-state index contributed by atoms with van der Waals surface area (Å²) in [6.07, 6.45) is 3.37. The molecule has 0 fully saturated rings. The lowest BCUT2D eigenvalue weighted by molar-refractivity contribution is 0.480. The monoisotopic (exact) mass is 214 g/mol. The van der Waals surface area contributed by atoms with Crippen LogP contribution in [0.3, 0.4) is 0 Å². The molecule has 0 atom stereocenters. The van der Waals surface area contributed by atoms with Crippen LogP contribution in [0.5, 0.6) is 5.75 Å². The fourth-order valence-electron chi connectivity index (χ4n) is 1.86. The van der Waals surface area contributed by atoms with Crippen molar-refractivity contribution in [2.24, 2.45) is 0 Å². The Balaban J connectivity index is 2.34. The Morgan fingerprint density at radius 3 is 2.94 bits per heavy atom. The van der Waals surface area contributed by atoms with E-state index in [-0.39, 0.29) is 5.75 Å². The number of aromatic amines is 2. The first-order chi connectivity index (χ1) is 7.77. The minimum Gasteiger partial charge on any atom is -0.506 e. The van der Waals surface area contributed by atoms with Gasteiger partial charge in [0.2, 0.25) is 0 Å². The predicted molar refractivity (Wildman–Crippen MR) is 62.0 cm³/mol. The van der Waals surface area contributed by atoms with Crippen molar-refractivity contribution in [1.29, 1.82) is 0 Å². The highest BCUT2D eigenvalue weighted by atomic mass is 16.3. The van der Waals surface area contributed by atoms with E-state index < -0.39 is 0 Å². The van der Waals surface area contributed by atoms with E-state index in [9.17, 15) is 5.11 Å². The van der Waals surface area contributed by atoms with Crippen molar-refractivity contribution < 1.29 is 5.11 Å². The number of anilines is 1. The molecule has 2 heterocycles. The number of rotatable bonds is 1. The van der Waals surface area contributed by atoms with Gasteiger partial charge < -0.3 is 15.8 Å². The molecule has 5 heteroatoms. The zero-order valence-corrected chi connectivity index (χ0v) is 8.36. The maximum Gasteiger partial charge on any atom is 0.139 e. The van der Waals surface area contributed by atoms with E-state index in [0.29, 0.717) is 11.2 Å². The van der Waals surface area contributed by atoms with Crippen LogP contribution in [0.1, 0.15) is 0 Å². The van der Waals surface area contributed by atoms with E-state index in [1.54, 1.807) is 24.5 Å². The molecule has 0 spiro atoms. The Labute approximate surface area is 90.9 Å². The SMILES string of the molecule is Nc1cn[nH]c1-c1c[nH]c2c(O)cccc12. The van der Waals surface area contributed by atoms with Crippen molar-refractivity contribution in [3.05, 3.63) is 30.6 Å². The van der Waals surface area contributed by atoms with Crippen LogP contribution in [0.15, 0.2) is 30.6 Å². The lowest BCUT2D eigenvalue weighted by Gasteiger charge is -1.98. The molecular weight excluding hydrogens is 204 g/mol. The second kappa shape index (κ2) is 3.03. The van der Waals surface area contributed by atoms with E-state index in [2.05, 4.69) is 15.2 Å². The van der Waals surface area contributed by atoms with Crippen molar-refractivity contribution in [1.82, 2.24) is 15.2 Å². The molecule has 5 nitrogen and oxygen atoms in total. The van der Waals surface area contributed by atoms with Crippen LogP contribution in [0.4, 0.5) is 5.69 Å². The summed E-state index contributed by atoms with van der Waals surface area (Å²) in [5.41, 5.74) is 8.74. The van der Waals surface area contributed by atoms with Crippen molar-refractivity contribution in [2.75, 3.05) is 5.73 Å². The standard InChI is InChI=1S/C11H10N4O/c12-8-5-14-15-10(8)7-4-13-11-6(7)2-1-3-9(11)16/h1-5,13,16H,12H2,(H,14,15). The van der Waals surface area contributed by atoms with Gasteiger partial charge in [-0.2, -0.15) is 5.10 Å². The number of para-hydroxylation sites is 1. The quantitative estimate of drug-likeness (QED) is 0.498. The molecule has 0 aliphatic rings. The Bertz CT molecular complexity index is 653. The first kappa shape index (κ1) is 8.84. The highest BCUT2D eigenvalue weighted by Gasteiger charge is 2.11. The van der Waals surface area contributed by atoms with Gasteiger partial charge in [0.05, 0.1) is 23.1 Å². The number of aromatic hydroxyl groups is 1. The lowest BCUT2D eigenvalue weighted by atomic mass is 10.1. The second-order valence-electron chi connectivity index (χ2n) is 3.60. The number of H-pyrrole nitrogens is 2. The van der Waals surface area contributed by atoms with Gasteiger partial charge in [0.25, 0.3) is 0 Å². The Kier molecular flexibility index (Phi) is 1.67. The number of nitrogens with two attached hydrogens (primary N) is 1. The molecule has 0 unspecified atom stereocenters. The first-order valence-corrected chi connectivity index (χ1v) is 4.85. The molecule has 0 bridgehead atoms. The third-order valence-corrected chi connectivity index (χ3v) is 2.63. The average molecular weight is 214 g/mol. The van der Waals surface area contributed by atoms with Gasteiger partial charge in [-0.1, -0.05) is 12.1 Å². The summed E-state index contributed by atoms with van der Waals surface area (Å²) in [5.74, 6) is 0.224. The van der Waals surface area contributed by atoms with Crippen LogP contribution in [0.25, 0.3) is 22.2 Å². The lowest BCUT2D eigenvalue weighted by Crippen LogP contribution is -1.85. The van der Waals surface area contributed by atoms with Crippen molar-refractivity contribution >= 4 is 16.6 Å². The molecule has 0 aliphatic carbocycles. The summed E-state index contributed by atoms with van der Waals surface area (Å²) < 4.78 is 0. The van der Waals surface area contributed by atoms with Crippen LogP contribution in [0, 0.1) is 0 Å². The molecule has 3 rings (SSSR count). The summed E-state index contributed by atoms with van der Waals surface area (Å²) in [5, 5.41) is 17.3. The maximum atomic E-state index is 9.66. The van der Waals surface area contributed by atoms with Crippen molar-refractivity contribution in [3.63, 3.8) is 0 Å². The van der Waals surface area contributed by atoms with Crippen molar-refractivity contribution in [2.45, 2.75) is 0 Å². The summed E-state index contributed by atoms with van der Waals surface area (Å²) in [7, 11) is 0. The van der Waals surface area contributed by atoms with Crippen LogP contribution >= 0.6 is 0 Å². The molecule has 0 aliphatic heterocycles. The Hall–Kier alpha value is -2.43. The smallest absolute Gasteiger partial charge is 0.139 e. The number of fused-ring (bicyclic) bond motifs is 1. The number of nitrogens with one attached hydrogen (secondary N) is 2.